The van der Waals surface area contributed by atoms with Gasteiger partial charge in [0.15, 0.2) is 0 Å². The summed E-state index contributed by atoms with van der Waals surface area (Å²) in [6, 6.07) is 3.60. The first-order valence-corrected chi connectivity index (χ1v) is 6.88. The number of nitrogens with zero attached hydrogens (tertiary/aromatic N) is 1. The third-order valence-electron chi connectivity index (χ3n) is 3.51. The average Bonchev–Trinajstić information content (AvgIpc) is 2.63. The Morgan fingerprint density at radius 2 is 2.21 bits per heavy atom. The lowest BCUT2D eigenvalue weighted by Crippen LogP contribution is -2.42. The highest BCUT2D eigenvalue weighted by atomic mass is 35.5. The molecule has 0 bridgehead atoms. The van der Waals surface area contributed by atoms with E-state index < -0.39 is 5.82 Å². The Morgan fingerprint density at radius 1 is 1.42 bits per heavy atom. The molecule has 1 N–H and O–H groups in total. The second-order valence-electron chi connectivity index (χ2n) is 4.81. The minimum absolute atomic E-state index is 0.0510. The maximum absolute atomic E-state index is 13.0. The molecule has 5 heteroatoms. The number of hydrogen-bond acceptors (Lipinski definition) is 2. The van der Waals surface area contributed by atoms with E-state index in [1.807, 2.05) is 0 Å². The molecule has 0 radical (unpaired) electrons. The van der Waals surface area contributed by atoms with Crippen molar-refractivity contribution >= 4 is 17.5 Å². The van der Waals surface area contributed by atoms with Crippen LogP contribution in [0.3, 0.4) is 0 Å². The Labute approximate surface area is 117 Å². The van der Waals surface area contributed by atoms with Crippen molar-refractivity contribution in [2.45, 2.75) is 31.7 Å². The van der Waals surface area contributed by atoms with Crippen molar-refractivity contribution in [2.75, 3.05) is 13.2 Å². The largest absolute Gasteiger partial charge is 0.394 e. The van der Waals surface area contributed by atoms with Crippen LogP contribution in [0.2, 0.25) is 5.02 Å². The van der Waals surface area contributed by atoms with Gasteiger partial charge in [0.25, 0.3) is 5.91 Å². The molecule has 19 heavy (non-hydrogen) atoms. The van der Waals surface area contributed by atoms with Gasteiger partial charge in [0.2, 0.25) is 0 Å². The van der Waals surface area contributed by atoms with E-state index in [-0.39, 0.29) is 23.6 Å². The van der Waals surface area contributed by atoms with Crippen LogP contribution in [0.25, 0.3) is 0 Å². The van der Waals surface area contributed by atoms with Crippen LogP contribution in [-0.4, -0.2) is 35.1 Å². The molecule has 0 aromatic heterocycles. The van der Waals surface area contributed by atoms with Gasteiger partial charge < -0.3 is 10.0 Å². The fraction of sp³-hybridized carbons (Fsp3) is 0.500. The Bertz CT molecular complexity index is 467. The van der Waals surface area contributed by atoms with Gasteiger partial charge in [-0.25, -0.2) is 4.39 Å². The first-order valence-electron chi connectivity index (χ1n) is 6.50. The summed E-state index contributed by atoms with van der Waals surface area (Å²) in [5.41, 5.74) is 0.295. The number of carbonyl (C=O) groups is 1. The molecule has 0 saturated carbocycles. The molecule has 1 atom stereocenters. The highest BCUT2D eigenvalue weighted by molar-refractivity contribution is 6.33. The summed E-state index contributed by atoms with van der Waals surface area (Å²) in [5.74, 6) is -0.693. The molecule has 0 spiro atoms. The third-order valence-corrected chi connectivity index (χ3v) is 3.82. The number of aliphatic hydroxyl groups excluding tert-OH is 1. The van der Waals surface area contributed by atoms with Crippen molar-refractivity contribution in [3.05, 3.63) is 34.6 Å². The fourth-order valence-corrected chi connectivity index (χ4v) is 2.70. The molecule has 1 aliphatic rings. The van der Waals surface area contributed by atoms with E-state index in [0.29, 0.717) is 12.1 Å². The molecular formula is C14H17ClFNO2. The molecule has 104 valence electrons. The number of aliphatic hydroxyl groups is 1. The molecule has 1 aliphatic heterocycles. The summed E-state index contributed by atoms with van der Waals surface area (Å²) in [6.45, 7) is 0.558. The Hall–Kier alpha value is -1.13. The van der Waals surface area contributed by atoms with Crippen LogP contribution in [0.1, 0.15) is 36.0 Å². The molecule has 1 saturated heterocycles. The van der Waals surface area contributed by atoms with Crippen LogP contribution >= 0.6 is 11.6 Å². The van der Waals surface area contributed by atoms with Crippen LogP contribution in [0.15, 0.2) is 18.2 Å². The van der Waals surface area contributed by atoms with Crippen molar-refractivity contribution in [3.8, 4) is 0 Å². The van der Waals surface area contributed by atoms with E-state index in [4.69, 9.17) is 11.6 Å². The second-order valence-corrected chi connectivity index (χ2v) is 5.22. The molecule has 1 fully saturated rings. The summed E-state index contributed by atoms with van der Waals surface area (Å²) in [6.07, 6.45) is 3.77. The smallest absolute Gasteiger partial charge is 0.255 e. The molecule has 3 nitrogen and oxygen atoms in total. The van der Waals surface area contributed by atoms with Crippen molar-refractivity contribution < 1.29 is 14.3 Å². The molecule has 0 aliphatic carbocycles. The Balaban J connectivity index is 2.25. The molecule has 1 aromatic carbocycles. The first-order chi connectivity index (χ1) is 9.13. The highest BCUT2D eigenvalue weighted by Gasteiger charge is 2.26. The van der Waals surface area contributed by atoms with Crippen LogP contribution in [-0.2, 0) is 0 Å². The maximum atomic E-state index is 13.0. The summed E-state index contributed by atoms with van der Waals surface area (Å²) in [7, 11) is 0. The molecule has 1 heterocycles. The van der Waals surface area contributed by atoms with Gasteiger partial charge in [0.05, 0.1) is 23.2 Å². The lowest BCUT2D eigenvalue weighted by Gasteiger charge is -2.29. The average molecular weight is 286 g/mol. The summed E-state index contributed by atoms with van der Waals surface area (Å²) < 4.78 is 13.0. The number of likely N-dealkylation sites (tertiary alicyclic amines) is 1. The van der Waals surface area contributed by atoms with Gasteiger partial charge in [-0.05, 0) is 31.0 Å². The number of rotatable bonds is 2. The van der Waals surface area contributed by atoms with Gasteiger partial charge in [-0.15, -0.1) is 0 Å². The lowest BCUT2D eigenvalue weighted by molar-refractivity contribution is 0.0600. The number of amides is 1. The lowest BCUT2D eigenvalue weighted by atomic mass is 10.1. The van der Waals surface area contributed by atoms with Crippen molar-refractivity contribution in [1.29, 1.82) is 0 Å². The number of benzene rings is 1. The maximum Gasteiger partial charge on any atom is 0.255 e. The number of hydrogen-bond donors (Lipinski definition) is 1. The van der Waals surface area contributed by atoms with E-state index in [2.05, 4.69) is 0 Å². The molecule has 1 unspecified atom stereocenters. The topological polar surface area (TPSA) is 40.5 Å². The van der Waals surface area contributed by atoms with Gasteiger partial charge >= 0.3 is 0 Å². The zero-order valence-corrected chi connectivity index (χ0v) is 11.4. The van der Waals surface area contributed by atoms with E-state index in [9.17, 15) is 14.3 Å². The van der Waals surface area contributed by atoms with E-state index in [1.165, 1.54) is 12.1 Å². The van der Waals surface area contributed by atoms with Gasteiger partial charge in [-0.3, -0.25) is 4.79 Å². The van der Waals surface area contributed by atoms with Crippen LogP contribution < -0.4 is 0 Å². The van der Waals surface area contributed by atoms with Crippen LogP contribution in [0.5, 0.6) is 0 Å². The predicted molar refractivity (Wildman–Crippen MR) is 71.8 cm³/mol. The van der Waals surface area contributed by atoms with Gasteiger partial charge in [0.1, 0.15) is 5.82 Å². The molecular weight excluding hydrogens is 269 g/mol. The van der Waals surface area contributed by atoms with E-state index in [1.54, 1.807) is 4.90 Å². The van der Waals surface area contributed by atoms with Crippen molar-refractivity contribution in [3.63, 3.8) is 0 Å². The number of carbonyl (C=O) groups excluding carboxylic acids is 1. The minimum atomic E-state index is -0.462. The fourth-order valence-electron chi connectivity index (χ4n) is 2.45. The summed E-state index contributed by atoms with van der Waals surface area (Å²) >= 11 is 5.93. The second kappa shape index (κ2) is 6.35. The van der Waals surface area contributed by atoms with Crippen molar-refractivity contribution in [2.24, 2.45) is 0 Å². The Kier molecular flexibility index (Phi) is 4.77. The third kappa shape index (κ3) is 3.25. The zero-order valence-electron chi connectivity index (χ0n) is 10.6. The normalized spacial score (nSPS) is 20.2. The summed E-state index contributed by atoms with van der Waals surface area (Å²) in [4.78, 5) is 14.1. The predicted octanol–water partition coefficient (Wildman–Crippen LogP) is 2.86. The molecule has 2 rings (SSSR count). The highest BCUT2D eigenvalue weighted by Crippen LogP contribution is 2.23. The SMILES string of the molecule is O=C(c1ccc(F)cc1Cl)N1CCCCCC1CO. The van der Waals surface area contributed by atoms with E-state index >= 15 is 0 Å². The quantitative estimate of drug-likeness (QED) is 0.908. The van der Waals surface area contributed by atoms with Gasteiger partial charge in [0, 0.05) is 6.54 Å². The zero-order chi connectivity index (χ0) is 13.8. The van der Waals surface area contributed by atoms with Crippen LogP contribution in [0.4, 0.5) is 4.39 Å². The Morgan fingerprint density at radius 3 is 2.89 bits per heavy atom. The molecule has 1 amide bonds. The minimum Gasteiger partial charge on any atom is -0.394 e. The van der Waals surface area contributed by atoms with Gasteiger partial charge in [-0.2, -0.15) is 0 Å². The first kappa shape index (κ1) is 14.3. The monoisotopic (exact) mass is 285 g/mol. The number of halogens is 2. The summed E-state index contributed by atoms with van der Waals surface area (Å²) in [5, 5.41) is 9.53. The van der Waals surface area contributed by atoms with E-state index in [0.717, 1.165) is 31.7 Å². The van der Waals surface area contributed by atoms with Crippen molar-refractivity contribution in [1.82, 2.24) is 4.90 Å². The molecule has 1 aromatic rings. The van der Waals surface area contributed by atoms with Crippen LogP contribution in [0, 0.1) is 5.82 Å². The standard InChI is InChI=1S/C14H17ClFNO2/c15-13-8-10(16)5-6-12(13)14(19)17-7-3-1-2-4-11(17)9-18/h5-6,8,11,18H,1-4,7,9H2. The van der Waals surface area contributed by atoms with Gasteiger partial charge in [-0.1, -0.05) is 24.4 Å².